The average Bonchev–Trinajstić information content (AvgIpc) is 2.70. The number of nitriles is 1. The van der Waals surface area contributed by atoms with Gasteiger partial charge >= 0.3 is 0 Å². The Balaban J connectivity index is 2.09. The van der Waals surface area contributed by atoms with Crippen LogP contribution in [-0.2, 0) is 14.8 Å². The molecule has 8 nitrogen and oxygen atoms in total. The highest BCUT2D eigenvalue weighted by molar-refractivity contribution is 7.92. The van der Waals surface area contributed by atoms with E-state index in [1.54, 1.807) is 50.2 Å². The molecule has 1 amide bonds. The first-order valence-electron chi connectivity index (χ1n) is 8.64. The molecule has 0 bridgehead atoms. The third-order valence-corrected chi connectivity index (χ3v) is 5.41. The summed E-state index contributed by atoms with van der Waals surface area (Å²) in [5.74, 6) is -0.627. The summed E-state index contributed by atoms with van der Waals surface area (Å²) in [6.07, 6.45) is 1.39. The Kier molecular flexibility index (Phi) is 7.58. The van der Waals surface area contributed by atoms with Crippen molar-refractivity contribution < 1.29 is 13.2 Å². The highest BCUT2D eigenvalue weighted by Crippen LogP contribution is 2.19. The number of amides is 1. The minimum Gasteiger partial charge on any atom is -0.382 e. The van der Waals surface area contributed by atoms with Gasteiger partial charge in [-0.05, 0) is 48.9 Å². The number of hydrogen-bond donors (Lipinski definition) is 2. The maximum Gasteiger partial charge on any atom is 0.283 e. The predicted octanol–water partition coefficient (Wildman–Crippen LogP) is 2.95. The Labute approximate surface area is 180 Å². The zero-order valence-corrected chi connectivity index (χ0v) is 18.1. The number of rotatable bonds is 7. The summed E-state index contributed by atoms with van der Waals surface area (Å²) >= 11 is 5.79. The van der Waals surface area contributed by atoms with E-state index >= 15 is 0 Å². The quantitative estimate of drug-likeness (QED) is 0.294. The smallest absolute Gasteiger partial charge is 0.283 e. The summed E-state index contributed by atoms with van der Waals surface area (Å²) in [4.78, 5) is 13.7. The van der Waals surface area contributed by atoms with Gasteiger partial charge in [-0.2, -0.15) is 10.4 Å². The molecule has 0 aliphatic heterocycles. The van der Waals surface area contributed by atoms with E-state index in [4.69, 9.17) is 16.9 Å². The number of carbonyl (C=O) groups excluding carboxylic acids is 1. The molecule has 2 aromatic carbocycles. The number of nitrogens with zero attached hydrogens (tertiary/aromatic N) is 3. The molecule has 0 aliphatic carbocycles. The van der Waals surface area contributed by atoms with Gasteiger partial charge in [0, 0.05) is 31.0 Å². The van der Waals surface area contributed by atoms with Crippen molar-refractivity contribution in [3.63, 3.8) is 0 Å². The highest BCUT2D eigenvalue weighted by atomic mass is 35.5. The second kappa shape index (κ2) is 9.91. The van der Waals surface area contributed by atoms with Crippen LogP contribution in [-0.4, -0.2) is 39.0 Å². The first kappa shape index (κ1) is 22.9. The fraction of sp³-hybridized carbons (Fsp3) is 0.150. The summed E-state index contributed by atoms with van der Waals surface area (Å²) < 4.78 is 27.3. The minimum absolute atomic E-state index is 0.0801. The zero-order valence-electron chi connectivity index (χ0n) is 16.5. The number of sulfonamides is 1. The fourth-order valence-corrected chi connectivity index (χ4v) is 3.45. The molecule has 0 saturated carbocycles. The number of benzene rings is 2. The molecule has 2 N–H and O–H groups in total. The Morgan fingerprint density at radius 3 is 2.27 bits per heavy atom. The van der Waals surface area contributed by atoms with Crippen LogP contribution in [0.2, 0.25) is 5.02 Å². The fourth-order valence-electron chi connectivity index (χ4n) is 2.26. The van der Waals surface area contributed by atoms with Crippen LogP contribution in [0.25, 0.3) is 0 Å². The number of anilines is 1. The predicted molar refractivity (Wildman–Crippen MR) is 116 cm³/mol. The Bertz CT molecular complexity index is 1120. The Morgan fingerprint density at radius 2 is 1.73 bits per heavy atom. The highest BCUT2D eigenvalue weighted by Gasteiger charge is 2.14. The summed E-state index contributed by atoms with van der Waals surface area (Å²) in [7, 11) is -0.351. The van der Waals surface area contributed by atoms with Gasteiger partial charge in [-0.1, -0.05) is 23.7 Å². The summed E-state index contributed by atoms with van der Waals surface area (Å²) in [6, 6.07) is 14.1. The summed E-state index contributed by atoms with van der Waals surface area (Å²) in [5, 5.41) is 13.5. The molecule has 0 atom stereocenters. The van der Waals surface area contributed by atoms with Gasteiger partial charge in [0.15, 0.2) is 0 Å². The second-order valence-corrected chi connectivity index (χ2v) is 8.51. The van der Waals surface area contributed by atoms with Crippen molar-refractivity contribution in [2.45, 2.75) is 11.8 Å². The van der Waals surface area contributed by atoms with Crippen molar-refractivity contribution >= 4 is 38.9 Å². The van der Waals surface area contributed by atoms with Gasteiger partial charge in [0.2, 0.25) is 0 Å². The average molecular weight is 446 g/mol. The first-order valence-corrected chi connectivity index (χ1v) is 10.5. The molecule has 0 saturated heterocycles. The monoisotopic (exact) mass is 445 g/mol. The molecule has 0 aromatic heterocycles. The lowest BCUT2D eigenvalue weighted by Gasteiger charge is -2.09. The molecule has 0 fully saturated rings. The molecule has 30 heavy (non-hydrogen) atoms. The van der Waals surface area contributed by atoms with Crippen LogP contribution in [0.5, 0.6) is 0 Å². The maximum absolute atomic E-state index is 12.4. The van der Waals surface area contributed by atoms with E-state index in [0.29, 0.717) is 22.0 Å². The lowest BCUT2D eigenvalue weighted by Crippen LogP contribution is -2.22. The maximum atomic E-state index is 12.4. The lowest BCUT2D eigenvalue weighted by molar-refractivity contribution is -0.117. The minimum atomic E-state index is -3.74. The number of carbonyl (C=O) groups is 1. The topological polar surface area (TPSA) is 115 Å². The van der Waals surface area contributed by atoms with E-state index in [2.05, 4.69) is 15.2 Å². The van der Waals surface area contributed by atoms with Crippen molar-refractivity contribution in [2.75, 3.05) is 18.8 Å². The molecule has 0 radical (unpaired) electrons. The van der Waals surface area contributed by atoms with Gasteiger partial charge in [0.05, 0.1) is 10.6 Å². The van der Waals surface area contributed by atoms with Crippen molar-refractivity contribution in [3.8, 4) is 6.07 Å². The summed E-state index contributed by atoms with van der Waals surface area (Å²) in [6.45, 7) is 1.68. The standard InChI is InChI=1S/C20H20ClN5O3S/c1-14(23-24-20(27)16(12-22)13-26(2)3)15-4-8-18(9-5-15)25-30(28,29)19-10-6-17(21)7-11-19/h4-11,13,25H,1-3H3,(H,24,27)/b16-13+,23-14+. The van der Waals surface area contributed by atoms with Gasteiger partial charge < -0.3 is 4.90 Å². The van der Waals surface area contributed by atoms with Crippen LogP contribution in [0, 0.1) is 11.3 Å². The number of hydrazone groups is 1. The van der Waals surface area contributed by atoms with E-state index in [1.165, 1.54) is 30.5 Å². The Morgan fingerprint density at radius 1 is 1.13 bits per heavy atom. The van der Waals surface area contributed by atoms with Crippen LogP contribution < -0.4 is 10.1 Å². The lowest BCUT2D eigenvalue weighted by atomic mass is 10.1. The van der Waals surface area contributed by atoms with Crippen LogP contribution in [0.1, 0.15) is 12.5 Å². The number of hydrogen-bond acceptors (Lipinski definition) is 6. The van der Waals surface area contributed by atoms with Crippen LogP contribution in [0.3, 0.4) is 0 Å². The molecule has 0 spiro atoms. The van der Waals surface area contributed by atoms with E-state index < -0.39 is 15.9 Å². The molecule has 2 rings (SSSR count). The summed E-state index contributed by atoms with van der Waals surface area (Å²) in [5.41, 5.74) is 3.76. The number of nitrogens with one attached hydrogen (secondary N) is 2. The number of halogens is 1. The third kappa shape index (κ3) is 6.34. The van der Waals surface area contributed by atoms with Gasteiger partial charge in [-0.25, -0.2) is 13.8 Å². The normalized spacial score (nSPS) is 12.1. The van der Waals surface area contributed by atoms with Gasteiger partial charge in [-0.15, -0.1) is 0 Å². The molecule has 2 aromatic rings. The first-order chi connectivity index (χ1) is 14.1. The third-order valence-electron chi connectivity index (χ3n) is 3.76. The van der Waals surface area contributed by atoms with Crippen molar-refractivity contribution in [2.24, 2.45) is 5.10 Å². The molecule has 0 aliphatic rings. The van der Waals surface area contributed by atoms with E-state index in [1.807, 2.05) is 6.07 Å². The molecule has 0 unspecified atom stereocenters. The zero-order chi connectivity index (χ0) is 22.3. The van der Waals surface area contributed by atoms with Gasteiger partial charge in [0.1, 0.15) is 11.6 Å². The van der Waals surface area contributed by atoms with Crippen LogP contribution >= 0.6 is 11.6 Å². The van der Waals surface area contributed by atoms with Crippen molar-refractivity contribution in [1.29, 1.82) is 5.26 Å². The van der Waals surface area contributed by atoms with E-state index in [-0.39, 0.29) is 10.5 Å². The largest absolute Gasteiger partial charge is 0.382 e. The second-order valence-electron chi connectivity index (χ2n) is 6.39. The van der Waals surface area contributed by atoms with E-state index in [9.17, 15) is 13.2 Å². The molecule has 10 heteroatoms. The van der Waals surface area contributed by atoms with Crippen molar-refractivity contribution in [1.82, 2.24) is 10.3 Å². The van der Waals surface area contributed by atoms with Gasteiger partial charge in [-0.3, -0.25) is 9.52 Å². The molecular weight excluding hydrogens is 426 g/mol. The molecule has 156 valence electrons. The van der Waals surface area contributed by atoms with E-state index in [0.717, 1.165) is 0 Å². The Hall–Kier alpha value is -3.35. The molecule has 0 heterocycles. The van der Waals surface area contributed by atoms with Crippen LogP contribution in [0.15, 0.2) is 70.3 Å². The van der Waals surface area contributed by atoms with Crippen molar-refractivity contribution in [3.05, 3.63) is 70.9 Å². The molecular formula is C20H20ClN5O3S. The van der Waals surface area contributed by atoms with Gasteiger partial charge in [0.25, 0.3) is 15.9 Å². The van der Waals surface area contributed by atoms with Crippen LogP contribution in [0.4, 0.5) is 5.69 Å². The SMILES string of the molecule is C/C(=N\NC(=O)/C(C#N)=C/N(C)C)c1ccc(NS(=O)(=O)c2ccc(Cl)cc2)cc1.